The van der Waals surface area contributed by atoms with Crippen LogP contribution in [0, 0.1) is 0 Å². The predicted molar refractivity (Wildman–Crippen MR) is 91.3 cm³/mol. The number of benzene rings is 1. The zero-order valence-electron chi connectivity index (χ0n) is 13.5. The molecule has 0 radical (unpaired) electrons. The number of fused-ring (bicyclic) bond motifs is 1. The predicted octanol–water partition coefficient (Wildman–Crippen LogP) is 2.25. The van der Waals surface area contributed by atoms with Crippen molar-refractivity contribution in [3.05, 3.63) is 23.3 Å². The number of carbonyl (C=O) groups excluding carboxylic acids is 1. The van der Waals surface area contributed by atoms with Gasteiger partial charge in [0.25, 0.3) is 21.1 Å². The van der Waals surface area contributed by atoms with Gasteiger partial charge in [-0.2, -0.15) is 0 Å². The Balaban J connectivity index is 2.51. The minimum atomic E-state index is -3.84. The van der Waals surface area contributed by atoms with Gasteiger partial charge in [0.15, 0.2) is 0 Å². The van der Waals surface area contributed by atoms with Crippen molar-refractivity contribution in [3.8, 4) is 5.75 Å². The molecule has 1 aliphatic heterocycles. The van der Waals surface area contributed by atoms with Crippen LogP contribution in [0.2, 0.25) is 0 Å². The Kier molecular flexibility index (Phi) is 4.95. The molecule has 1 aromatic carbocycles. The number of carbonyl (C=O) groups is 1. The van der Waals surface area contributed by atoms with Crippen LogP contribution in [0.4, 0.5) is 0 Å². The van der Waals surface area contributed by atoms with Gasteiger partial charge in [-0.1, -0.05) is 13.8 Å². The summed E-state index contributed by atoms with van der Waals surface area (Å²) in [7, 11) is -3.84. The van der Waals surface area contributed by atoms with Crippen LogP contribution in [0.25, 0.3) is 0 Å². The third-order valence-corrected chi connectivity index (χ3v) is 5.40. The first-order valence-electron chi connectivity index (χ1n) is 7.43. The Morgan fingerprint density at radius 2 is 1.91 bits per heavy atom. The van der Waals surface area contributed by atoms with Gasteiger partial charge in [0.2, 0.25) is 0 Å². The summed E-state index contributed by atoms with van der Waals surface area (Å²) < 4.78 is 31.9. The van der Waals surface area contributed by atoms with Gasteiger partial charge in [-0.25, -0.2) is 13.1 Å². The van der Waals surface area contributed by atoms with Crippen LogP contribution >= 0.6 is 12.2 Å². The van der Waals surface area contributed by atoms with Crippen LogP contribution in [0.5, 0.6) is 5.75 Å². The standard InChI is InChI=1S/C15H20N2O4S2/c1-5-17(6-2)15(22)21-10-7-11(9(3)4)13-12(8-10)23(19,20)16-14(13)18/h7-9H,5-6H2,1-4H3,(H,16,18). The van der Waals surface area contributed by atoms with Crippen LogP contribution in [0.15, 0.2) is 17.0 Å². The van der Waals surface area contributed by atoms with E-state index in [2.05, 4.69) is 0 Å². The van der Waals surface area contributed by atoms with E-state index in [0.717, 1.165) is 0 Å². The molecular formula is C15H20N2O4S2. The fourth-order valence-electron chi connectivity index (χ4n) is 2.46. The van der Waals surface area contributed by atoms with Crippen molar-refractivity contribution in [2.75, 3.05) is 13.1 Å². The van der Waals surface area contributed by atoms with Gasteiger partial charge in [-0.3, -0.25) is 4.79 Å². The molecule has 0 aromatic heterocycles. The zero-order valence-corrected chi connectivity index (χ0v) is 15.2. The van der Waals surface area contributed by atoms with Crippen LogP contribution in [0.3, 0.4) is 0 Å². The minimum absolute atomic E-state index is 0.0339. The largest absolute Gasteiger partial charge is 0.432 e. The summed E-state index contributed by atoms with van der Waals surface area (Å²) in [5.74, 6) is -0.306. The van der Waals surface area contributed by atoms with Crippen LogP contribution < -0.4 is 9.46 Å². The van der Waals surface area contributed by atoms with Gasteiger partial charge < -0.3 is 9.64 Å². The molecule has 8 heteroatoms. The highest BCUT2D eigenvalue weighted by atomic mass is 32.2. The van der Waals surface area contributed by atoms with Crippen molar-refractivity contribution >= 4 is 33.3 Å². The van der Waals surface area contributed by atoms with E-state index in [-0.39, 0.29) is 21.6 Å². The summed E-state index contributed by atoms with van der Waals surface area (Å²) in [5, 5.41) is 0.277. The van der Waals surface area contributed by atoms with Crippen molar-refractivity contribution in [1.82, 2.24) is 9.62 Å². The van der Waals surface area contributed by atoms with Gasteiger partial charge in [-0.05, 0) is 43.6 Å². The first kappa shape index (κ1) is 17.7. The van der Waals surface area contributed by atoms with E-state index >= 15 is 0 Å². The average Bonchev–Trinajstić information content (AvgIpc) is 2.69. The Bertz CT molecular complexity index is 753. The van der Waals surface area contributed by atoms with Gasteiger partial charge in [0.05, 0.1) is 5.56 Å². The lowest BCUT2D eigenvalue weighted by atomic mass is 9.96. The lowest BCUT2D eigenvalue weighted by molar-refractivity contribution is 0.0984. The third kappa shape index (κ3) is 3.32. The van der Waals surface area contributed by atoms with Crippen molar-refractivity contribution in [2.24, 2.45) is 0 Å². The highest BCUT2D eigenvalue weighted by molar-refractivity contribution is 7.90. The summed E-state index contributed by atoms with van der Waals surface area (Å²) in [5.41, 5.74) is 0.819. The normalized spacial score (nSPS) is 15.3. The number of nitrogens with zero attached hydrogens (tertiary/aromatic N) is 1. The highest BCUT2D eigenvalue weighted by Crippen LogP contribution is 2.34. The fourth-order valence-corrected chi connectivity index (χ4v) is 4.02. The van der Waals surface area contributed by atoms with Crippen molar-refractivity contribution in [2.45, 2.75) is 38.5 Å². The van der Waals surface area contributed by atoms with Gasteiger partial charge in [0.1, 0.15) is 10.6 Å². The minimum Gasteiger partial charge on any atom is -0.432 e. The maximum atomic E-state index is 12.1. The molecule has 0 aliphatic carbocycles. The topological polar surface area (TPSA) is 75.7 Å². The van der Waals surface area contributed by atoms with E-state index in [0.29, 0.717) is 24.4 Å². The molecule has 0 bridgehead atoms. The van der Waals surface area contributed by atoms with Crippen molar-refractivity contribution in [3.63, 3.8) is 0 Å². The number of sulfonamides is 1. The average molecular weight is 356 g/mol. The first-order valence-corrected chi connectivity index (χ1v) is 9.32. The molecule has 2 rings (SSSR count). The van der Waals surface area contributed by atoms with Crippen LogP contribution in [-0.4, -0.2) is 37.5 Å². The van der Waals surface area contributed by atoms with E-state index in [1.807, 2.05) is 37.3 Å². The van der Waals surface area contributed by atoms with Crippen molar-refractivity contribution in [1.29, 1.82) is 0 Å². The van der Waals surface area contributed by atoms with E-state index in [9.17, 15) is 13.2 Å². The molecule has 6 nitrogen and oxygen atoms in total. The van der Waals surface area contributed by atoms with Gasteiger partial charge in [0, 0.05) is 19.2 Å². The Labute approximate surface area is 141 Å². The second-order valence-corrected chi connectivity index (χ2v) is 7.52. The van der Waals surface area contributed by atoms with E-state index in [4.69, 9.17) is 17.0 Å². The molecule has 1 aromatic rings. The summed E-state index contributed by atoms with van der Waals surface area (Å²) >= 11 is 5.24. The molecule has 0 fully saturated rings. The summed E-state index contributed by atoms with van der Waals surface area (Å²) in [6, 6.07) is 3.03. The number of rotatable bonds is 4. The molecule has 1 amide bonds. The van der Waals surface area contributed by atoms with Crippen LogP contribution in [-0.2, 0) is 10.0 Å². The van der Waals surface area contributed by atoms with Gasteiger partial charge in [-0.15, -0.1) is 0 Å². The van der Waals surface area contributed by atoms with Crippen molar-refractivity contribution < 1.29 is 17.9 Å². The fraction of sp³-hybridized carbons (Fsp3) is 0.467. The zero-order chi connectivity index (χ0) is 17.4. The molecule has 1 N–H and O–H groups in total. The molecule has 0 spiro atoms. The van der Waals surface area contributed by atoms with E-state index < -0.39 is 15.9 Å². The number of amides is 1. The first-order chi connectivity index (χ1) is 10.7. The second-order valence-electron chi connectivity index (χ2n) is 5.52. The number of nitrogens with one attached hydrogen (secondary N) is 1. The molecular weight excluding hydrogens is 336 g/mol. The maximum Gasteiger partial charge on any atom is 0.266 e. The van der Waals surface area contributed by atoms with E-state index in [1.54, 1.807) is 6.07 Å². The second kappa shape index (κ2) is 6.45. The molecule has 0 atom stereocenters. The summed E-state index contributed by atoms with van der Waals surface area (Å²) in [4.78, 5) is 13.8. The molecule has 0 saturated carbocycles. The Morgan fingerprint density at radius 3 is 2.43 bits per heavy atom. The monoisotopic (exact) mass is 356 g/mol. The maximum absolute atomic E-state index is 12.1. The Morgan fingerprint density at radius 1 is 1.30 bits per heavy atom. The smallest absolute Gasteiger partial charge is 0.266 e. The number of ether oxygens (including phenoxy) is 1. The molecule has 1 aliphatic rings. The lowest BCUT2D eigenvalue weighted by Gasteiger charge is -2.22. The third-order valence-electron chi connectivity index (χ3n) is 3.70. The number of hydrogen-bond donors (Lipinski definition) is 1. The van der Waals surface area contributed by atoms with Gasteiger partial charge >= 0.3 is 0 Å². The van der Waals surface area contributed by atoms with Crippen LogP contribution in [0.1, 0.15) is 49.5 Å². The highest BCUT2D eigenvalue weighted by Gasteiger charge is 2.36. The summed E-state index contributed by atoms with van der Waals surface area (Å²) in [6.07, 6.45) is 0. The Hall–Kier alpha value is -1.67. The quantitative estimate of drug-likeness (QED) is 0.834. The molecule has 0 saturated heterocycles. The number of thiocarbonyl (C=S) groups is 1. The van der Waals surface area contributed by atoms with E-state index in [1.165, 1.54) is 6.07 Å². The SMILES string of the molecule is CCN(CC)C(=S)Oc1cc(C(C)C)c2c(c1)S(=O)(=O)NC2=O. The molecule has 1 heterocycles. The summed E-state index contributed by atoms with van der Waals surface area (Å²) in [6.45, 7) is 9.06. The molecule has 0 unspecified atom stereocenters. The number of hydrogen-bond acceptors (Lipinski definition) is 5. The molecule has 23 heavy (non-hydrogen) atoms. The molecule has 126 valence electrons. The lowest BCUT2D eigenvalue weighted by Crippen LogP contribution is -2.32.